The Labute approximate surface area is 95.9 Å². The first-order valence-corrected chi connectivity index (χ1v) is 5.20. The Hall–Kier alpha value is -1.64. The molecule has 0 unspecified atom stereocenters. The SMILES string of the molecule is CC(C)(C)C(=O)OCc1cccc(C=N)c1. The van der Waals surface area contributed by atoms with E-state index in [2.05, 4.69) is 0 Å². The summed E-state index contributed by atoms with van der Waals surface area (Å²) in [6.07, 6.45) is 1.27. The third kappa shape index (κ3) is 3.50. The van der Waals surface area contributed by atoms with Gasteiger partial charge in [0, 0.05) is 6.21 Å². The molecule has 0 spiro atoms. The average molecular weight is 219 g/mol. The van der Waals surface area contributed by atoms with Gasteiger partial charge >= 0.3 is 5.97 Å². The molecule has 0 atom stereocenters. The molecule has 1 aromatic rings. The number of nitrogens with one attached hydrogen (secondary N) is 1. The lowest BCUT2D eigenvalue weighted by Gasteiger charge is -2.16. The van der Waals surface area contributed by atoms with E-state index in [1.54, 1.807) is 0 Å². The number of carbonyl (C=O) groups is 1. The summed E-state index contributed by atoms with van der Waals surface area (Å²) in [5, 5.41) is 7.12. The monoisotopic (exact) mass is 219 g/mol. The summed E-state index contributed by atoms with van der Waals surface area (Å²) in [6, 6.07) is 7.40. The van der Waals surface area contributed by atoms with Gasteiger partial charge in [-0.1, -0.05) is 18.2 Å². The van der Waals surface area contributed by atoms with Crippen LogP contribution in [0.5, 0.6) is 0 Å². The van der Waals surface area contributed by atoms with Crippen LogP contribution < -0.4 is 0 Å². The normalized spacial score (nSPS) is 10.9. The maximum absolute atomic E-state index is 11.5. The lowest BCUT2D eigenvalue weighted by Crippen LogP contribution is -2.22. The molecule has 0 bridgehead atoms. The van der Waals surface area contributed by atoms with Crippen molar-refractivity contribution in [1.82, 2.24) is 0 Å². The summed E-state index contributed by atoms with van der Waals surface area (Å²) >= 11 is 0. The molecule has 0 amide bonds. The van der Waals surface area contributed by atoms with E-state index in [9.17, 15) is 4.79 Å². The molecule has 1 N–H and O–H groups in total. The predicted octanol–water partition coefficient (Wildman–Crippen LogP) is 2.77. The second kappa shape index (κ2) is 4.92. The van der Waals surface area contributed by atoms with E-state index >= 15 is 0 Å². The van der Waals surface area contributed by atoms with Crippen molar-refractivity contribution < 1.29 is 9.53 Å². The number of hydrogen-bond donors (Lipinski definition) is 1. The Kier molecular flexibility index (Phi) is 3.82. The maximum Gasteiger partial charge on any atom is 0.311 e. The molecule has 0 radical (unpaired) electrons. The van der Waals surface area contributed by atoms with E-state index < -0.39 is 5.41 Å². The van der Waals surface area contributed by atoms with Gasteiger partial charge in [0.1, 0.15) is 6.61 Å². The van der Waals surface area contributed by atoms with Crippen molar-refractivity contribution in [1.29, 1.82) is 5.41 Å². The average Bonchev–Trinajstić information content (AvgIpc) is 2.25. The molecule has 0 saturated carbocycles. The minimum Gasteiger partial charge on any atom is -0.460 e. The van der Waals surface area contributed by atoms with Crippen LogP contribution in [0.4, 0.5) is 0 Å². The Bertz CT molecular complexity index is 391. The molecule has 3 nitrogen and oxygen atoms in total. The van der Waals surface area contributed by atoms with Crippen LogP contribution in [0.3, 0.4) is 0 Å². The highest BCUT2D eigenvalue weighted by atomic mass is 16.5. The van der Waals surface area contributed by atoms with Gasteiger partial charge in [0.15, 0.2) is 0 Å². The molecule has 1 rings (SSSR count). The van der Waals surface area contributed by atoms with E-state index in [4.69, 9.17) is 10.1 Å². The van der Waals surface area contributed by atoms with Gasteiger partial charge in [-0.25, -0.2) is 0 Å². The standard InChI is InChI=1S/C13H17NO2/c1-13(2,3)12(15)16-9-11-6-4-5-10(7-11)8-14/h4-8,14H,9H2,1-3H3. The van der Waals surface area contributed by atoms with Gasteiger partial charge in [0.2, 0.25) is 0 Å². The minimum absolute atomic E-state index is 0.215. The van der Waals surface area contributed by atoms with Crippen molar-refractivity contribution >= 4 is 12.2 Å². The van der Waals surface area contributed by atoms with Crippen LogP contribution in [0, 0.1) is 10.8 Å². The molecular weight excluding hydrogens is 202 g/mol. The van der Waals surface area contributed by atoms with Crippen LogP contribution in [0.15, 0.2) is 24.3 Å². The van der Waals surface area contributed by atoms with Crippen LogP contribution in [0.2, 0.25) is 0 Å². The van der Waals surface area contributed by atoms with E-state index in [0.29, 0.717) is 0 Å². The van der Waals surface area contributed by atoms with E-state index in [0.717, 1.165) is 11.1 Å². The summed E-state index contributed by atoms with van der Waals surface area (Å²) < 4.78 is 5.18. The molecule has 0 saturated heterocycles. The highest BCUT2D eigenvalue weighted by Crippen LogP contribution is 2.16. The summed E-state index contributed by atoms with van der Waals surface area (Å²) in [5.74, 6) is -0.215. The highest BCUT2D eigenvalue weighted by molar-refractivity contribution is 5.77. The summed E-state index contributed by atoms with van der Waals surface area (Å²) in [5.41, 5.74) is 1.24. The molecule has 0 aliphatic heterocycles. The Morgan fingerprint density at radius 2 is 2.12 bits per heavy atom. The zero-order valence-corrected chi connectivity index (χ0v) is 9.91. The molecule has 86 valence electrons. The number of benzene rings is 1. The lowest BCUT2D eigenvalue weighted by atomic mass is 9.97. The Morgan fingerprint density at radius 3 is 2.69 bits per heavy atom. The first kappa shape index (κ1) is 12.4. The van der Waals surface area contributed by atoms with Gasteiger partial charge in [-0.2, -0.15) is 0 Å². The molecule has 0 aliphatic rings. The fraction of sp³-hybridized carbons (Fsp3) is 0.385. The zero-order valence-electron chi connectivity index (χ0n) is 9.91. The first-order chi connectivity index (χ1) is 7.43. The smallest absolute Gasteiger partial charge is 0.311 e. The molecule has 0 heterocycles. The highest BCUT2D eigenvalue weighted by Gasteiger charge is 2.22. The maximum atomic E-state index is 11.5. The van der Waals surface area contributed by atoms with Crippen molar-refractivity contribution in [2.24, 2.45) is 5.41 Å². The number of hydrogen-bond acceptors (Lipinski definition) is 3. The van der Waals surface area contributed by atoms with E-state index in [-0.39, 0.29) is 12.6 Å². The van der Waals surface area contributed by atoms with E-state index in [1.807, 2.05) is 45.0 Å². The predicted molar refractivity (Wildman–Crippen MR) is 63.6 cm³/mol. The first-order valence-electron chi connectivity index (χ1n) is 5.20. The van der Waals surface area contributed by atoms with Gasteiger partial charge in [-0.3, -0.25) is 4.79 Å². The number of carbonyl (C=O) groups excluding carboxylic acids is 1. The van der Waals surface area contributed by atoms with Crippen molar-refractivity contribution in [2.75, 3.05) is 0 Å². The van der Waals surface area contributed by atoms with Crippen LogP contribution in [-0.2, 0) is 16.1 Å². The molecule has 0 aromatic heterocycles. The Balaban J connectivity index is 2.61. The number of esters is 1. The third-order valence-corrected chi connectivity index (χ3v) is 2.10. The quantitative estimate of drug-likeness (QED) is 0.627. The van der Waals surface area contributed by atoms with Crippen LogP contribution in [-0.4, -0.2) is 12.2 Å². The largest absolute Gasteiger partial charge is 0.460 e. The van der Waals surface area contributed by atoms with Crippen LogP contribution in [0.25, 0.3) is 0 Å². The summed E-state index contributed by atoms with van der Waals surface area (Å²) in [4.78, 5) is 11.5. The molecule has 16 heavy (non-hydrogen) atoms. The summed E-state index contributed by atoms with van der Waals surface area (Å²) in [6.45, 7) is 5.73. The molecular formula is C13H17NO2. The molecule has 1 aromatic carbocycles. The number of ether oxygens (including phenoxy) is 1. The zero-order chi connectivity index (χ0) is 12.2. The lowest BCUT2D eigenvalue weighted by molar-refractivity contribution is -0.154. The second-order valence-electron chi connectivity index (χ2n) is 4.72. The van der Waals surface area contributed by atoms with Gasteiger partial charge in [-0.15, -0.1) is 0 Å². The van der Waals surface area contributed by atoms with Gasteiger partial charge in [0.25, 0.3) is 0 Å². The summed E-state index contributed by atoms with van der Waals surface area (Å²) in [7, 11) is 0. The van der Waals surface area contributed by atoms with Crippen molar-refractivity contribution in [3.63, 3.8) is 0 Å². The molecule has 0 aliphatic carbocycles. The van der Waals surface area contributed by atoms with Crippen molar-refractivity contribution in [3.05, 3.63) is 35.4 Å². The number of rotatable bonds is 3. The minimum atomic E-state index is -0.473. The van der Waals surface area contributed by atoms with Gasteiger partial charge < -0.3 is 10.1 Å². The van der Waals surface area contributed by atoms with Crippen molar-refractivity contribution in [2.45, 2.75) is 27.4 Å². The van der Waals surface area contributed by atoms with Crippen LogP contribution in [0.1, 0.15) is 31.9 Å². The molecule has 0 fully saturated rings. The van der Waals surface area contributed by atoms with E-state index in [1.165, 1.54) is 6.21 Å². The second-order valence-corrected chi connectivity index (χ2v) is 4.72. The third-order valence-electron chi connectivity index (χ3n) is 2.10. The van der Waals surface area contributed by atoms with Gasteiger partial charge in [0.05, 0.1) is 5.41 Å². The van der Waals surface area contributed by atoms with Crippen LogP contribution >= 0.6 is 0 Å². The fourth-order valence-electron chi connectivity index (χ4n) is 1.14. The fourth-order valence-corrected chi connectivity index (χ4v) is 1.14. The van der Waals surface area contributed by atoms with Crippen molar-refractivity contribution in [3.8, 4) is 0 Å². The molecule has 3 heteroatoms. The Morgan fingerprint density at radius 1 is 1.44 bits per heavy atom. The topological polar surface area (TPSA) is 50.2 Å². The van der Waals surface area contributed by atoms with Gasteiger partial charge in [-0.05, 0) is 38.0 Å².